The Morgan fingerprint density at radius 2 is 2.06 bits per heavy atom. The second-order valence-electron chi connectivity index (χ2n) is 4.60. The number of aryl methyl sites for hydroxylation is 1. The van der Waals surface area contributed by atoms with Crippen LogP contribution in [0.25, 0.3) is 0 Å². The maximum absolute atomic E-state index is 11.5. The Hall–Kier alpha value is -0.670. The summed E-state index contributed by atoms with van der Waals surface area (Å²) in [5, 5.41) is 0.616. The van der Waals surface area contributed by atoms with Crippen LogP contribution in [0.2, 0.25) is 0 Å². The third-order valence-electron chi connectivity index (χ3n) is 3.30. The summed E-state index contributed by atoms with van der Waals surface area (Å²) < 4.78 is 0. The van der Waals surface area contributed by atoms with Crippen molar-refractivity contribution < 1.29 is 4.79 Å². The lowest BCUT2D eigenvalue weighted by molar-refractivity contribution is -0.129. The van der Waals surface area contributed by atoms with E-state index < -0.39 is 0 Å². The zero-order chi connectivity index (χ0) is 13.0. The summed E-state index contributed by atoms with van der Waals surface area (Å²) in [7, 11) is 0. The van der Waals surface area contributed by atoms with Crippen LogP contribution < -0.4 is 0 Å². The van der Waals surface area contributed by atoms with Gasteiger partial charge in [0.25, 0.3) is 0 Å². The van der Waals surface area contributed by atoms with Gasteiger partial charge in [-0.15, -0.1) is 23.4 Å². The minimum atomic E-state index is 0.0657. The fraction of sp³-hybridized carbons (Fsp3) is 0.500. The summed E-state index contributed by atoms with van der Waals surface area (Å²) in [6, 6.07) is 8.48. The van der Waals surface area contributed by atoms with Crippen LogP contribution in [0.4, 0.5) is 0 Å². The Morgan fingerprint density at radius 3 is 2.67 bits per heavy atom. The molecule has 1 heterocycles. The van der Waals surface area contributed by atoms with E-state index in [-0.39, 0.29) is 11.8 Å². The molecule has 18 heavy (non-hydrogen) atoms. The number of thioether (sulfide) groups is 1. The molecular formula is C14H18ClNOS. The summed E-state index contributed by atoms with van der Waals surface area (Å²) in [6.45, 7) is 3.83. The van der Waals surface area contributed by atoms with Crippen molar-refractivity contribution in [3.05, 3.63) is 29.8 Å². The van der Waals surface area contributed by atoms with Crippen molar-refractivity contribution in [3.63, 3.8) is 0 Å². The van der Waals surface area contributed by atoms with Gasteiger partial charge >= 0.3 is 0 Å². The normalized spacial score (nSPS) is 16.9. The molecule has 0 atom stereocenters. The molecule has 98 valence electrons. The molecule has 1 aliphatic rings. The molecule has 2 nitrogen and oxygen atoms in total. The number of carbonyl (C=O) groups is 1. The van der Waals surface area contributed by atoms with E-state index in [1.807, 2.05) is 16.7 Å². The molecule has 0 spiro atoms. The highest BCUT2D eigenvalue weighted by molar-refractivity contribution is 8.00. The lowest BCUT2D eigenvalue weighted by atomic mass is 10.1. The van der Waals surface area contributed by atoms with E-state index in [0.717, 1.165) is 25.9 Å². The molecule has 1 aromatic carbocycles. The van der Waals surface area contributed by atoms with Crippen LogP contribution in [-0.4, -0.2) is 35.0 Å². The van der Waals surface area contributed by atoms with Gasteiger partial charge in [0.05, 0.1) is 0 Å². The number of likely N-dealkylation sites (tertiary alicyclic amines) is 1. The first-order valence-corrected chi connectivity index (χ1v) is 7.68. The zero-order valence-corrected chi connectivity index (χ0v) is 12.1. The minimum Gasteiger partial charge on any atom is -0.342 e. The molecule has 0 N–H and O–H groups in total. The Labute approximate surface area is 118 Å². The molecule has 1 fully saturated rings. The quantitative estimate of drug-likeness (QED) is 0.793. The van der Waals surface area contributed by atoms with Gasteiger partial charge in [-0.3, -0.25) is 4.79 Å². The first-order valence-electron chi connectivity index (χ1n) is 6.26. The van der Waals surface area contributed by atoms with Gasteiger partial charge < -0.3 is 4.90 Å². The van der Waals surface area contributed by atoms with Gasteiger partial charge in [0, 0.05) is 23.2 Å². The number of carbonyl (C=O) groups excluding carboxylic acids is 1. The number of piperidine rings is 1. The van der Waals surface area contributed by atoms with Gasteiger partial charge in [-0.2, -0.15) is 0 Å². The highest BCUT2D eigenvalue weighted by Crippen LogP contribution is 2.32. The molecular weight excluding hydrogens is 266 g/mol. The number of hydrogen-bond acceptors (Lipinski definition) is 2. The van der Waals surface area contributed by atoms with E-state index in [4.69, 9.17) is 11.6 Å². The van der Waals surface area contributed by atoms with Crippen molar-refractivity contribution >= 4 is 29.3 Å². The summed E-state index contributed by atoms with van der Waals surface area (Å²) >= 11 is 7.52. The highest BCUT2D eigenvalue weighted by Gasteiger charge is 2.22. The number of amides is 1. The second kappa shape index (κ2) is 6.48. The second-order valence-corrected chi connectivity index (χ2v) is 6.21. The van der Waals surface area contributed by atoms with Gasteiger partial charge in [-0.05, 0) is 31.4 Å². The molecule has 1 aromatic rings. The van der Waals surface area contributed by atoms with Crippen molar-refractivity contribution in [3.8, 4) is 0 Å². The average Bonchev–Trinajstić information content (AvgIpc) is 2.41. The molecule has 0 aliphatic carbocycles. The number of rotatable bonds is 3. The van der Waals surface area contributed by atoms with Crippen LogP contribution in [0.15, 0.2) is 29.2 Å². The van der Waals surface area contributed by atoms with Crippen LogP contribution in [0.1, 0.15) is 18.4 Å². The Balaban J connectivity index is 1.87. The molecule has 4 heteroatoms. The van der Waals surface area contributed by atoms with Gasteiger partial charge in [-0.25, -0.2) is 0 Å². The predicted molar refractivity (Wildman–Crippen MR) is 77.4 cm³/mol. The average molecular weight is 284 g/mol. The monoisotopic (exact) mass is 283 g/mol. The van der Waals surface area contributed by atoms with Crippen molar-refractivity contribution in [2.45, 2.75) is 29.9 Å². The molecule has 1 amide bonds. The van der Waals surface area contributed by atoms with E-state index in [1.54, 1.807) is 0 Å². The summed E-state index contributed by atoms with van der Waals surface area (Å²) in [6.07, 6.45) is 2.11. The number of hydrogen-bond donors (Lipinski definition) is 0. The van der Waals surface area contributed by atoms with Crippen molar-refractivity contribution in [1.82, 2.24) is 4.90 Å². The highest BCUT2D eigenvalue weighted by atomic mass is 35.5. The Morgan fingerprint density at radius 1 is 1.39 bits per heavy atom. The molecule has 0 bridgehead atoms. The first kappa shape index (κ1) is 13.8. The Bertz CT molecular complexity index is 416. The van der Waals surface area contributed by atoms with Crippen LogP contribution in [0.3, 0.4) is 0 Å². The third kappa shape index (κ3) is 3.42. The first-order chi connectivity index (χ1) is 8.70. The number of benzene rings is 1. The molecule has 0 radical (unpaired) electrons. The lowest BCUT2D eigenvalue weighted by Crippen LogP contribution is -2.39. The molecule has 0 unspecified atom stereocenters. The SMILES string of the molecule is Cc1ccccc1SC1CCN(C(=O)CCl)CC1. The number of halogens is 1. The van der Waals surface area contributed by atoms with Crippen LogP contribution >= 0.6 is 23.4 Å². The smallest absolute Gasteiger partial charge is 0.237 e. The topological polar surface area (TPSA) is 20.3 Å². The zero-order valence-electron chi connectivity index (χ0n) is 10.6. The predicted octanol–water partition coefficient (Wildman–Crippen LogP) is 3.32. The van der Waals surface area contributed by atoms with Crippen LogP contribution in [0.5, 0.6) is 0 Å². The summed E-state index contributed by atoms with van der Waals surface area (Å²) in [5.74, 6) is 0.172. The van der Waals surface area contributed by atoms with E-state index >= 15 is 0 Å². The van der Waals surface area contributed by atoms with Crippen molar-refractivity contribution in [1.29, 1.82) is 0 Å². The van der Waals surface area contributed by atoms with E-state index in [0.29, 0.717) is 5.25 Å². The van der Waals surface area contributed by atoms with Gasteiger partial charge in [-0.1, -0.05) is 18.2 Å². The van der Waals surface area contributed by atoms with Gasteiger partial charge in [0.1, 0.15) is 5.88 Å². The molecule has 2 rings (SSSR count). The van der Waals surface area contributed by atoms with Crippen LogP contribution in [-0.2, 0) is 4.79 Å². The maximum atomic E-state index is 11.5. The van der Waals surface area contributed by atoms with Gasteiger partial charge in [0.15, 0.2) is 0 Å². The van der Waals surface area contributed by atoms with Crippen molar-refractivity contribution in [2.24, 2.45) is 0 Å². The Kier molecular flexibility index (Phi) is 4.95. The minimum absolute atomic E-state index is 0.0657. The molecule has 1 saturated heterocycles. The van der Waals surface area contributed by atoms with E-state index in [9.17, 15) is 4.79 Å². The van der Waals surface area contributed by atoms with E-state index in [1.165, 1.54) is 10.5 Å². The lowest BCUT2D eigenvalue weighted by Gasteiger charge is -2.31. The summed E-state index contributed by atoms with van der Waals surface area (Å²) in [4.78, 5) is 14.7. The number of alkyl halides is 1. The number of nitrogens with zero attached hydrogens (tertiary/aromatic N) is 1. The van der Waals surface area contributed by atoms with Gasteiger partial charge in [0.2, 0.25) is 5.91 Å². The van der Waals surface area contributed by atoms with Crippen LogP contribution in [0, 0.1) is 6.92 Å². The fourth-order valence-corrected chi connectivity index (χ4v) is 3.56. The standard InChI is InChI=1S/C14H18ClNOS/c1-11-4-2-3-5-13(11)18-12-6-8-16(9-7-12)14(17)10-15/h2-5,12H,6-10H2,1H3. The van der Waals surface area contributed by atoms with Crippen molar-refractivity contribution in [2.75, 3.05) is 19.0 Å². The molecule has 0 saturated carbocycles. The fourth-order valence-electron chi connectivity index (χ4n) is 2.18. The third-order valence-corrected chi connectivity index (χ3v) is 5.04. The largest absolute Gasteiger partial charge is 0.342 e. The maximum Gasteiger partial charge on any atom is 0.237 e. The summed E-state index contributed by atoms with van der Waals surface area (Å²) in [5.41, 5.74) is 1.33. The molecule has 0 aromatic heterocycles. The molecule has 1 aliphatic heterocycles. The van der Waals surface area contributed by atoms with E-state index in [2.05, 4.69) is 31.2 Å².